The van der Waals surface area contributed by atoms with Crippen molar-refractivity contribution >= 4 is 11.6 Å². The number of ketones is 2. The third-order valence-electron chi connectivity index (χ3n) is 3.07. The quantitative estimate of drug-likeness (QED) is 0.572. The van der Waals surface area contributed by atoms with Crippen LogP contribution in [0.4, 0.5) is 0 Å². The molecule has 0 N–H and O–H groups in total. The predicted molar refractivity (Wildman–Crippen MR) is 66.2 cm³/mol. The first kappa shape index (κ1) is 12.6. The van der Waals surface area contributed by atoms with Crippen molar-refractivity contribution in [3.05, 3.63) is 23.8 Å². The van der Waals surface area contributed by atoms with E-state index in [1.165, 1.54) is 14.2 Å². The molecule has 4 nitrogen and oxygen atoms in total. The molecule has 0 bridgehead atoms. The molecule has 1 aliphatic rings. The van der Waals surface area contributed by atoms with Gasteiger partial charge in [0.2, 0.25) is 0 Å². The van der Waals surface area contributed by atoms with Gasteiger partial charge in [-0.05, 0) is 31.0 Å². The third kappa shape index (κ3) is 2.70. The van der Waals surface area contributed by atoms with Gasteiger partial charge in [-0.15, -0.1) is 0 Å². The molecule has 0 aromatic heterocycles. The molecular formula is C14H16O4. The Morgan fingerprint density at radius 1 is 1.17 bits per heavy atom. The van der Waals surface area contributed by atoms with Gasteiger partial charge in [-0.1, -0.05) is 0 Å². The molecule has 0 amide bonds. The maximum Gasteiger partial charge on any atom is 0.170 e. The first-order valence-corrected chi connectivity index (χ1v) is 5.93. The zero-order chi connectivity index (χ0) is 13.1. The maximum atomic E-state index is 11.9. The molecule has 0 spiro atoms. The van der Waals surface area contributed by atoms with Crippen LogP contribution >= 0.6 is 0 Å². The minimum Gasteiger partial charge on any atom is -0.493 e. The van der Waals surface area contributed by atoms with E-state index in [-0.39, 0.29) is 23.9 Å². The smallest absolute Gasteiger partial charge is 0.170 e. The summed E-state index contributed by atoms with van der Waals surface area (Å²) >= 11 is 0. The molecule has 96 valence electrons. The molecule has 0 radical (unpaired) electrons. The second kappa shape index (κ2) is 5.21. The Bertz CT molecular complexity index is 475. The number of methoxy groups -OCH3 is 2. The molecule has 1 aromatic carbocycles. The van der Waals surface area contributed by atoms with Crippen molar-refractivity contribution in [1.29, 1.82) is 0 Å². The second-order valence-electron chi connectivity index (χ2n) is 4.41. The lowest BCUT2D eigenvalue weighted by molar-refractivity contribution is -0.119. The maximum absolute atomic E-state index is 11.9. The van der Waals surface area contributed by atoms with Gasteiger partial charge in [0.15, 0.2) is 17.3 Å². The molecule has 0 saturated heterocycles. The molecule has 4 heteroatoms. The van der Waals surface area contributed by atoms with Gasteiger partial charge in [0.25, 0.3) is 0 Å². The number of hydrogen-bond donors (Lipinski definition) is 0. The van der Waals surface area contributed by atoms with Crippen LogP contribution in [0, 0.1) is 5.92 Å². The highest BCUT2D eigenvalue weighted by Gasteiger charge is 2.30. The van der Waals surface area contributed by atoms with Crippen LogP contribution in [-0.4, -0.2) is 25.8 Å². The standard InChI is InChI=1S/C14H16O4/c1-17-13-6-5-10(7-14(13)18-2)12(16)8-11(15)9-3-4-9/h5-7,9H,3-4,8H2,1-2H3. The van der Waals surface area contributed by atoms with E-state index in [4.69, 9.17) is 9.47 Å². The number of ether oxygens (including phenoxy) is 2. The van der Waals surface area contributed by atoms with E-state index in [9.17, 15) is 9.59 Å². The summed E-state index contributed by atoms with van der Waals surface area (Å²) < 4.78 is 10.2. The van der Waals surface area contributed by atoms with Crippen LogP contribution in [0.3, 0.4) is 0 Å². The number of carbonyl (C=O) groups is 2. The van der Waals surface area contributed by atoms with Crippen molar-refractivity contribution in [3.8, 4) is 11.5 Å². The van der Waals surface area contributed by atoms with Crippen molar-refractivity contribution in [1.82, 2.24) is 0 Å². The van der Waals surface area contributed by atoms with Crippen molar-refractivity contribution in [3.63, 3.8) is 0 Å². The summed E-state index contributed by atoms with van der Waals surface area (Å²) in [5.74, 6) is 1.08. The summed E-state index contributed by atoms with van der Waals surface area (Å²) in [7, 11) is 3.05. The van der Waals surface area contributed by atoms with Gasteiger partial charge >= 0.3 is 0 Å². The second-order valence-corrected chi connectivity index (χ2v) is 4.41. The van der Waals surface area contributed by atoms with Crippen LogP contribution in [0.2, 0.25) is 0 Å². The number of benzene rings is 1. The van der Waals surface area contributed by atoms with Crippen molar-refractivity contribution < 1.29 is 19.1 Å². The fourth-order valence-corrected chi connectivity index (χ4v) is 1.82. The summed E-state index contributed by atoms with van der Waals surface area (Å²) in [4.78, 5) is 23.5. The van der Waals surface area contributed by atoms with E-state index in [0.717, 1.165) is 12.8 Å². The largest absolute Gasteiger partial charge is 0.493 e. The van der Waals surface area contributed by atoms with Gasteiger partial charge in [-0.3, -0.25) is 9.59 Å². The van der Waals surface area contributed by atoms with Gasteiger partial charge in [0.1, 0.15) is 5.78 Å². The van der Waals surface area contributed by atoms with Gasteiger partial charge < -0.3 is 9.47 Å². The number of rotatable bonds is 6. The molecular weight excluding hydrogens is 232 g/mol. The minimum absolute atomic E-state index is 0.0137. The van der Waals surface area contributed by atoms with E-state index in [1.807, 2.05) is 0 Å². The topological polar surface area (TPSA) is 52.6 Å². The van der Waals surface area contributed by atoms with Gasteiger partial charge in [-0.25, -0.2) is 0 Å². The molecule has 0 unspecified atom stereocenters. The van der Waals surface area contributed by atoms with Crippen LogP contribution in [0.1, 0.15) is 29.6 Å². The molecule has 1 saturated carbocycles. The van der Waals surface area contributed by atoms with Crippen molar-refractivity contribution in [2.45, 2.75) is 19.3 Å². The van der Waals surface area contributed by atoms with Gasteiger partial charge in [0, 0.05) is 11.5 Å². The van der Waals surface area contributed by atoms with Crippen LogP contribution in [0.25, 0.3) is 0 Å². The summed E-state index contributed by atoms with van der Waals surface area (Å²) in [6.07, 6.45) is 1.84. The highest BCUT2D eigenvalue weighted by molar-refractivity contribution is 6.09. The molecule has 1 aromatic rings. The average molecular weight is 248 g/mol. The Labute approximate surface area is 106 Å². The lowest BCUT2D eigenvalue weighted by Crippen LogP contribution is -2.09. The molecule has 1 aliphatic carbocycles. The normalized spacial score (nSPS) is 14.1. The first-order chi connectivity index (χ1) is 8.65. The van der Waals surface area contributed by atoms with E-state index in [1.54, 1.807) is 18.2 Å². The van der Waals surface area contributed by atoms with Gasteiger partial charge in [-0.2, -0.15) is 0 Å². The van der Waals surface area contributed by atoms with Crippen molar-refractivity contribution in [2.24, 2.45) is 5.92 Å². The number of hydrogen-bond acceptors (Lipinski definition) is 4. The Balaban J connectivity index is 2.11. The molecule has 1 fully saturated rings. The van der Waals surface area contributed by atoms with Crippen LogP contribution in [0.15, 0.2) is 18.2 Å². The molecule has 18 heavy (non-hydrogen) atoms. The Hall–Kier alpha value is -1.84. The highest BCUT2D eigenvalue weighted by Crippen LogP contribution is 2.32. The van der Waals surface area contributed by atoms with Crippen molar-refractivity contribution in [2.75, 3.05) is 14.2 Å². The summed E-state index contributed by atoms with van der Waals surface area (Å²) in [5.41, 5.74) is 0.488. The van der Waals surface area contributed by atoms with Gasteiger partial charge in [0.05, 0.1) is 20.6 Å². The Morgan fingerprint density at radius 3 is 2.39 bits per heavy atom. The van der Waals surface area contributed by atoms with E-state index in [2.05, 4.69) is 0 Å². The minimum atomic E-state index is -0.159. The lowest BCUT2D eigenvalue weighted by Gasteiger charge is -2.08. The van der Waals surface area contributed by atoms with Crippen LogP contribution < -0.4 is 9.47 Å². The third-order valence-corrected chi connectivity index (χ3v) is 3.07. The highest BCUT2D eigenvalue weighted by atomic mass is 16.5. The molecule has 0 aliphatic heterocycles. The lowest BCUT2D eigenvalue weighted by atomic mass is 10.0. The summed E-state index contributed by atoms with van der Waals surface area (Å²) in [5, 5.41) is 0. The average Bonchev–Trinajstić information content (AvgIpc) is 3.22. The summed E-state index contributed by atoms with van der Waals surface area (Å²) in [6, 6.07) is 4.94. The molecule has 0 atom stereocenters. The zero-order valence-electron chi connectivity index (χ0n) is 10.6. The molecule has 2 rings (SSSR count). The zero-order valence-corrected chi connectivity index (χ0v) is 10.6. The summed E-state index contributed by atoms with van der Waals surface area (Å²) in [6.45, 7) is 0. The number of carbonyl (C=O) groups excluding carboxylic acids is 2. The van der Waals surface area contributed by atoms with E-state index < -0.39 is 0 Å². The molecule has 0 heterocycles. The van der Waals surface area contributed by atoms with E-state index >= 15 is 0 Å². The Morgan fingerprint density at radius 2 is 1.83 bits per heavy atom. The SMILES string of the molecule is COc1ccc(C(=O)CC(=O)C2CC2)cc1OC. The van der Waals surface area contributed by atoms with E-state index in [0.29, 0.717) is 17.1 Å². The Kier molecular flexibility index (Phi) is 3.65. The van der Waals surface area contributed by atoms with Crippen LogP contribution in [-0.2, 0) is 4.79 Å². The fraction of sp³-hybridized carbons (Fsp3) is 0.429. The number of Topliss-reactive ketones (excluding diaryl/α,β-unsaturated/α-hetero) is 2. The van der Waals surface area contributed by atoms with Crippen LogP contribution in [0.5, 0.6) is 11.5 Å². The fourth-order valence-electron chi connectivity index (χ4n) is 1.82. The predicted octanol–water partition coefficient (Wildman–Crippen LogP) is 2.26. The monoisotopic (exact) mass is 248 g/mol. The first-order valence-electron chi connectivity index (χ1n) is 5.93.